The molecule has 0 rings (SSSR count). The quantitative estimate of drug-likeness (QED) is 0.529. The van der Waals surface area contributed by atoms with Gasteiger partial charge in [-0.2, -0.15) is 0 Å². The van der Waals surface area contributed by atoms with Crippen molar-refractivity contribution in [1.82, 2.24) is 5.32 Å². The van der Waals surface area contributed by atoms with E-state index in [2.05, 4.69) is 5.32 Å². The molecular weight excluding hydrogens is 106 g/mol. The van der Waals surface area contributed by atoms with Crippen molar-refractivity contribution in [2.45, 2.75) is 12.8 Å². The summed E-state index contributed by atoms with van der Waals surface area (Å²) in [7, 11) is 1.68. The summed E-state index contributed by atoms with van der Waals surface area (Å²) < 4.78 is 0. The van der Waals surface area contributed by atoms with Gasteiger partial charge >= 0.3 is 5.97 Å². The molecule has 0 aliphatic heterocycles. The molecule has 0 aromatic rings. The first-order valence-corrected chi connectivity index (χ1v) is 2.54. The van der Waals surface area contributed by atoms with E-state index in [0.29, 0.717) is 13.0 Å². The van der Waals surface area contributed by atoms with Crippen LogP contribution in [0.3, 0.4) is 0 Å². The molecule has 0 unspecified atom stereocenters. The minimum atomic E-state index is -0.742. The second-order valence-corrected chi connectivity index (χ2v) is 1.54. The lowest BCUT2D eigenvalue weighted by Crippen LogP contribution is -2.02. The van der Waals surface area contributed by atoms with Crippen molar-refractivity contribution in [1.29, 1.82) is 0 Å². The van der Waals surface area contributed by atoms with Crippen LogP contribution in [0.5, 0.6) is 0 Å². The second kappa shape index (κ2) is 4.59. The molecule has 0 aliphatic rings. The Labute approximate surface area is 48.7 Å². The fourth-order valence-electron chi connectivity index (χ4n) is 0.388. The number of aliphatic carboxylic acids is 1. The molecule has 0 amide bonds. The molecule has 8 heavy (non-hydrogen) atoms. The average Bonchev–Trinajstić information content (AvgIpc) is 1.66. The van der Waals surface area contributed by atoms with Gasteiger partial charge in [-0.3, -0.25) is 4.79 Å². The van der Waals surface area contributed by atoms with Crippen molar-refractivity contribution < 1.29 is 9.90 Å². The van der Waals surface area contributed by atoms with Crippen molar-refractivity contribution in [2.75, 3.05) is 13.6 Å². The van der Waals surface area contributed by atoms with E-state index in [1.165, 1.54) is 0 Å². The zero-order valence-electron chi connectivity index (χ0n) is 4.92. The third-order valence-electron chi connectivity index (χ3n) is 0.772. The third-order valence-corrected chi connectivity index (χ3v) is 0.772. The number of hydrogen-bond donors (Lipinski definition) is 1. The predicted octanol–water partition coefficient (Wildman–Crippen LogP) is 0.0854. The van der Waals surface area contributed by atoms with Gasteiger partial charge in [0.05, 0.1) is 0 Å². The van der Waals surface area contributed by atoms with Gasteiger partial charge < -0.3 is 5.11 Å². The molecule has 0 atom stereocenters. The second-order valence-electron chi connectivity index (χ2n) is 1.54. The summed E-state index contributed by atoms with van der Waals surface area (Å²) in [6.45, 7) is 0.659. The zero-order chi connectivity index (χ0) is 6.41. The Bertz CT molecular complexity index is 72.8. The number of carboxylic acids is 1. The van der Waals surface area contributed by atoms with Crippen molar-refractivity contribution in [2.24, 2.45) is 0 Å². The van der Waals surface area contributed by atoms with Crippen molar-refractivity contribution in [3.05, 3.63) is 0 Å². The smallest absolute Gasteiger partial charge is 0.303 e. The molecule has 0 spiro atoms. The molecule has 0 saturated carbocycles. The zero-order valence-corrected chi connectivity index (χ0v) is 4.92. The molecule has 0 bridgehead atoms. The lowest BCUT2D eigenvalue weighted by molar-refractivity contribution is -0.137. The van der Waals surface area contributed by atoms with E-state index < -0.39 is 5.97 Å². The lowest BCUT2D eigenvalue weighted by atomic mass is 10.3. The highest BCUT2D eigenvalue weighted by atomic mass is 16.4. The Hall–Kier alpha value is -0.570. The number of hydrogen-bond acceptors (Lipinski definition) is 1. The lowest BCUT2D eigenvalue weighted by Gasteiger charge is -1.90. The highest BCUT2D eigenvalue weighted by Crippen LogP contribution is 1.84. The first kappa shape index (κ1) is 7.43. The number of carbonyl (C=O) groups is 1. The average molecular weight is 116 g/mol. The molecule has 47 valence electrons. The van der Waals surface area contributed by atoms with Crippen LogP contribution in [0.2, 0.25) is 0 Å². The molecular formula is C5H10NO2. The molecule has 0 aliphatic carbocycles. The highest BCUT2D eigenvalue weighted by Gasteiger charge is 1.93. The van der Waals surface area contributed by atoms with Crippen molar-refractivity contribution in [3.63, 3.8) is 0 Å². The highest BCUT2D eigenvalue weighted by molar-refractivity contribution is 5.66. The Morgan fingerprint density at radius 1 is 1.75 bits per heavy atom. The van der Waals surface area contributed by atoms with E-state index in [9.17, 15) is 4.79 Å². The molecule has 0 heterocycles. The molecule has 0 aromatic heterocycles. The van der Waals surface area contributed by atoms with Gasteiger partial charge in [0, 0.05) is 20.0 Å². The van der Waals surface area contributed by atoms with Crippen molar-refractivity contribution >= 4 is 5.97 Å². The summed E-state index contributed by atoms with van der Waals surface area (Å²) >= 11 is 0. The number of carboxylic acid groups (broad SMARTS) is 1. The standard InChI is InChI=1S/C5H10NO2/c1-6-4-2-3-5(7)8/h2-4H2,1H3,(H,7,8). The topological polar surface area (TPSA) is 51.4 Å². The SMILES string of the molecule is C[N]CCCC(=O)O. The van der Waals surface area contributed by atoms with Gasteiger partial charge in [-0.25, -0.2) is 5.32 Å². The number of rotatable bonds is 4. The maximum Gasteiger partial charge on any atom is 0.303 e. The Morgan fingerprint density at radius 3 is 2.75 bits per heavy atom. The van der Waals surface area contributed by atoms with E-state index in [1.807, 2.05) is 0 Å². The van der Waals surface area contributed by atoms with Gasteiger partial charge in [-0.1, -0.05) is 0 Å². The van der Waals surface area contributed by atoms with Gasteiger partial charge in [0.2, 0.25) is 0 Å². The summed E-state index contributed by atoms with van der Waals surface area (Å²) in [6, 6.07) is 0. The van der Waals surface area contributed by atoms with E-state index in [0.717, 1.165) is 0 Å². The van der Waals surface area contributed by atoms with Gasteiger partial charge in [0.25, 0.3) is 0 Å². The van der Waals surface area contributed by atoms with Crippen molar-refractivity contribution in [3.8, 4) is 0 Å². The van der Waals surface area contributed by atoms with E-state index >= 15 is 0 Å². The third kappa shape index (κ3) is 5.43. The normalized spacial score (nSPS) is 9.12. The van der Waals surface area contributed by atoms with Crippen LogP contribution >= 0.6 is 0 Å². The summed E-state index contributed by atoms with van der Waals surface area (Å²) in [5.41, 5.74) is 0. The minimum absolute atomic E-state index is 0.233. The fraction of sp³-hybridized carbons (Fsp3) is 0.800. The molecule has 0 aromatic carbocycles. The molecule has 3 heteroatoms. The molecule has 0 fully saturated rings. The van der Waals surface area contributed by atoms with Crippen LogP contribution in [-0.4, -0.2) is 24.7 Å². The van der Waals surface area contributed by atoms with Crippen LogP contribution < -0.4 is 5.32 Å². The Morgan fingerprint density at radius 2 is 2.38 bits per heavy atom. The molecule has 3 nitrogen and oxygen atoms in total. The van der Waals surface area contributed by atoms with Crippen LogP contribution in [0.25, 0.3) is 0 Å². The van der Waals surface area contributed by atoms with Gasteiger partial charge in [0.1, 0.15) is 0 Å². The molecule has 1 radical (unpaired) electrons. The van der Waals surface area contributed by atoms with Crippen LogP contribution in [0.1, 0.15) is 12.8 Å². The van der Waals surface area contributed by atoms with Crippen LogP contribution in [0, 0.1) is 0 Å². The van der Waals surface area contributed by atoms with Crippen LogP contribution in [0.15, 0.2) is 0 Å². The van der Waals surface area contributed by atoms with E-state index in [1.54, 1.807) is 7.05 Å². The summed E-state index contributed by atoms with van der Waals surface area (Å²) in [5.74, 6) is -0.742. The summed E-state index contributed by atoms with van der Waals surface area (Å²) in [4.78, 5) is 9.83. The van der Waals surface area contributed by atoms with Crippen LogP contribution in [0.4, 0.5) is 0 Å². The first-order chi connectivity index (χ1) is 3.77. The van der Waals surface area contributed by atoms with Gasteiger partial charge in [-0.05, 0) is 6.42 Å². The monoisotopic (exact) mass is 116 g/mol. The number of nitrogens with zero attached hydrogens (tertiary/aromatic N) is 1. The van der Waals surface area contributed by atoms with Gasteiger partial charge in [-0.15, -0.1) is 0 Å². The predicted molar refractivity (Wildman–Crippen MR) is 29.8 cm³/mol. The van der Waals surface area contributed by atoms with Crippen LogP contribution in [-0.2, 0) is 4.79 Å². The fourth-order valence-corrected chi connectivity index (χ4v) is 0.388. The molecule has 1 N–H and O–H groups in total. The first-order valence-electron chi connectivity index (χ1n) is 2.54. The summed E-state index contributed by atoms with van der Waals surface area (Å²) in [6.07, 6.45) is 0.892. The van der Waals surface area contributed by atoms with Gasteiger partial charge in [0.15, 0.2) is 0 Å². The minimum Gasteiger partial charge on any atom is -0.481 e. The Balaban J connectivity index is 2.82. The summed E-state index contributed by atoms with van der Waals surface area (Å²) in [5, 5.41) is 11.8. The van der Waals surface area contributed by atoms with E-state index in [-0.39, 0.29) is 6.42 Å². The maximum absolute atomic E-state index is 9.83. The Kier molecular flexibility index (Phi) is 4.26. The molecule has 0 saturated heterocycles. The largest absolute Gasteiger partial charge is 0.481 e. The maximum atomic E-state index is 9.83. The van der Waals surface area contributed by atoms with E-state index in [4.69, 9.17) is 5.11 Å².